The van der Waals surface area contributed by atoms with Crippen molar-refractivity contribution in [3.05, 3.63) is 35.2 Å². The topological polar surface area (TPSA) is 26.3 Å². The molecule has 16 heavy (non-hydrogen) atoms. The SMILES string of the molecule is COC(=O)[C@@H](C)Cc1cccc2ccsc12. The standard InChI is InChI=1S/C13H14O2S/c1-9(13(14)15-2)8-11-5-3-4-10-6-7-16-12(10)11/h3-7,9H,8H2,1-2H3/t9-/m0/s1. The van der Waals surface area contributed by atoms with Crippen LogP contribution in [0.25, 0.3) is 10.1 Å². The first-order chi connectivity index (χ1) is 7.72. The number of hydrogen-bond donors (Lipinski definition) is 0. The molecule has 1 atom stereocenters. The van der Waals surface area contributed by atoms with E-state index in [1.54, 1.807) is 11.3 Å². The van der Waals surface area contributed by atoms with Crippen molar-refractivity contribution in [3.8, 4) is 0 Å². The largest absolute Gasteiger partial charge is 0.469 e. The number of benzene rings is 1. The van der Waals surface area contributed by atoms with Crippen LogP contribution < -0.4 is 0 Å². The van der Waals surface area contributed by atoms with Crippen molar-refractivity contribution in [1.29, 1.82) is 0 Å². The van der Waals surface area contributed by atoms with Gasteiger partial charge in [0, 0.05) is 4.70 Å². The van der Waals surface area contributed by atoms with Gasteiger partial charge in [0.05, 0.1) is 13.0 Å². The Hall–Kier alpha value is -1.35. The van der Waals surface area contributed by atoms with Gasteiger partial charge in [0.1, 0.15) is 0 Å². The molecule has 0 amide bonds. The lowest BCUT2D eigenvalue weighted by Gasteiger charge is -2.09. The third-order valence-electron chi connectivity index (χ3n) is 2.69. The maximum Gasteiger partial charge on any atom is 0.308 e. The summed E-state index contributed by atoms with van der Waals surface area (Å²) in [7, 11) is 1.44. The average Bonchev–Trinajstić information content (AvgIpc) is 2.77. The van der Waals surface area contributed by atoms with Crippen molar-refractivity contribution < 1.29 is 9.53 Å². The molecule has 0 saturated carbocycles. The Kier molecular flexibility index (Phi) is 3.25. The lowest BCUT2D eigenvalue weighted by Crippen LogP contribution is -2.15. The highest BCUT2D eigenvalue weighted by Gasteiger charge is 2.15. The lowest BCUT2D eigenvalue weighted by molar-refractivity contribution is -0.144. The van der Waals surface area contributed by atoms with Gasteiger partial charge in [-0.1, -0.05) is 25.1 Å². The number of hydrogen-bond acceptors (Lipinski definition) is 3. The lowest BCUT2D eigenvalue weighted by atomic mass is 10.0. The van der Waals surface area contributed by atoms with Crippen LogP contribution >= 0.6 is 11.3 Å². The van der Waals surface area contributed by atoms with Gasteiger partial charge in [-0.15, -0.1) is 11.3 Å². The van der Waals surface area contributed by atoms with Crippen LogP contribution in [0, 0.1) is 5.92 Å². The minimum Gasteiger partial charge on any atom is -0.469 e. The van der Waals surface area contributed by atoms with E-state index >= 15 is 0 Å². The Morgan fingerprint density at radius 1 is 1.44 bits per heavy atom. The smallest absolute Gasteiger partial charge is 0.308 e. The Morgan fingerprint density at radius 3 is 3.00 bits per heavy atom. The molecule has 84 valence electrons. The van der Waals surface area contributed by atoms with Crippen LogP contribution in [0.2, 0.25) is 0 Å². The molecule has 0 spiro atoms. The fraction of sp³-hybridized carbons (Fsp3) is 0.308. The highest BCUT2D eigenvalue weighted by molar-refractivity contribution is 7.17. The highest BCUT2D eigenvalue weighted by atomic mass is 32.1. The Balaban J connectivity index is 2.27. The molecule has 2 nitrogen and oxygen atoms in total. The van der Waals surface area contributed by atoms with E-state index in [-0.39, 0.29) is 11.9 Å². The first kappa shape index (κ1) is 11.1. The van der Waals surface area contributed by atoms with Gasteiger partial charge in [-0.2, -0.15) is 0 Å². The minimum atomic E-state index is -0.145. The Bertz CT molecular complexity index is 501. The molecule has 0 unspecified atom stereocenters. The van der Waals surface area contributed by atoms with E-state index in [1.807, 2.05) is 13.0 Å². The van der Waals surface area contributed by atoms with Crippen molar-refractivity contribution in [2.24, 2.45) is 5.92 Å². The molecule has 1 aromatic carbocycles. The van der Waals surface area contributed by atoms with Gasteiger partial charge in [0.25, 0.3) is 0 Å². The molecule has 0 aliphatic heterocycles. The number of thiophene rings is 1. The summed E-state index contributed by atoms with van der Waals surface area (Å²) in [5.74, 6) is -0.230. The first-order valence-electron chi connectivity index (χ1n) is 5.25. The molecule has 0 N–H and O–H groups in total. The maximum atomic E-state index is 11.4. The summed E-state index contributed by atoms with van der Waals surface area (Å²) < 4.78 is 6.02. The van der Waals surface area contributed by atoms with Crippen molar-refractivity contribution in [1.82, 2.24) is 0 Å². The molecule has 2 rings (SSSR count). The predicted molar refractivity (Wildman–Crippen MR) is 66.7 cm³/mol. The van der Waals surface area contributed by atoms with Crippen LogP contribution in [0.15, 0.2) is 29.6 Å². The second-order valence-corrected chi connectivity index (χ2v) is 4.80. The fourth-order valence-electron chi connectivity index (χ4n) is 1.83. The highest BCUT2D eigenvalue weighted by Crippen LogP contribution is 2.26. The molecule has 0 aliphatic rings. The summed E-state index contributed by atoms with van der Waals surface area (Å²) in [5.41, 5.74) is 1.23. The number of rotatable bonds is 3. The molecule has 0 radical (unpaired) electrons. The summed E-state index contributed by atoms with van der Waals surface area (Å²) in [4.78, 5) is 11.4. The predicted octanol–water partition coefficient (Wildman–Crippen LogP) is 3.25. The van der Waals surface area contributed by atoms with Gasteiger partial charge in [0.15, 0.2) is 0 Å². The van der Waals surface area contributed by atoms with Crippen LogP contribution in [0.4, 0.5) is 0 Å². The second kappa shape index (κ2) is 4.66. The summed E-state index contributed by atoms with van der Waals surface area (Å²) in [6.07, 6.45) is 0.741. The number of carbonyl (C=O) groups excluding carboxylic acids is 1. The third kappa shape index (κ3) is 2.09. The summed E-state index contributed by atoms with van der Waals surface area (Å²) in [5, 5.41) is 3.33. The molecule has 1 heterocycles. The summed E-state index contributed by atoms with van der Waals surface area (Å²) >= 11 is 1.72. The molecule has 0 aliphatic carbocycles. The van der Waals surface area contributed by atoms with E-state index < -0.39 is 0 Å². The first-order valence-corrected chi connectivity index (χ1v) is 6.13. The zero-order valence-corrected chi connectivity index (χ0v) is 10.2. The quantitative estimate of drug-likeness (QED) is 0.762. The Labute approximate surface area is 98.9 Å². The van der Waals surface area contributed by atoms with Crippen LogP contribution in [0.5, 0.6) is 0 Å². The molecular formula is C13H14O2S. The van der Waals surface area contributed by atoms with Gasteiger partial charge in [-0.05, 0) is 28.8 Å². The van der Waals surface area contributed by atoms with Crippen molar-refractivity contribution in [3.63, 3.8) is 0 Å². The van der Waals surface area contributed by atoms with Crippen molar-refractivity contribution in [2.45, 2.75) is 13.3 Å². The monoisotopic (exact) mass is 234 g/mol. The van der Waals surface area contributed by atoms with Crippen LogP contribution in [-0.2, 0) is 16.0 Å². The third-order valence-corrected chi connectivity index (χ3v) is 3.70. The van der Waals surface area contributed by atoms with Crippen LogP contribution in [0.1, 0.15) is 12.5 Å². The molecular weight excluding hydrogens is 220 g/mol. The molecule has 0 fully saturated rings. The van der Waals surface area contributed by atoms with Gasteiger partial charge in [-0.25, -0.2) is 0 Å². The molecule has 1 aromatic heterocycles. The normalized spacial score (nSPS) is 12.6. The number of esters is 1. The summed E-state index contributed by atoms with van der Waals surface area (Å²) in [6, 6.07) is 8.32. The zero-order valence-electron chi connectivity index (χ0n) is 9.40. The van der Waals surface area contributed by atoms with Gasteiger partial charge in [0.2, 0.25) is 0 Å². The zero-order chi connectivity index (χ0) is 11.5. The second-order valence-electron chi connectivity index (χ2n) is 3.88. The summed E-state index contributed by atoms with van der Waals surface area (Å²) in [6.45, 7) is 1.90. The number of methoxy groups -OCH3 is 1. The van der Waals surface area contributed by atoms with Gasteiger partial charge in [-0.3, -0.25) is 4.79 Å². The van der Waals surface area contributed by atoms with E-state index in [1.165, 1.54) is 22.8 Å². The van der Waals surface area contributed by atoms with Gasteiger partial charge >= 0.3 is 5.97 Å². The van der Waals surface area contributed by atoms with E-state index in [9.17, 15) is 4.79 Å². The molecule has 0 saturated heterocycles. The minimum absolute atomic E-state index is 0.0855. The van der Waals surface area contributed by atoms with Crippen molar-refractivity contribution >= 4 is 27.4 Å². The fourth-order valence-corrected chi connectivity index (χ4v) is 2.76. The molecule has 2 aromatic rings. The van der Waals surface area contributed by atoms with Crippen LogP contribution in [-0.4, -0.2) is 13.1 Å². The molecule has 3 heteroatoms. The number of carbonyl (C=O) groups is 1. The average molecular weight is 234 g/mol. The van der Waals surface area contributed by atoms with E-state index in [0.717, 1.165) is 6.42 Å². The number of fused-ring (bicyclic) bond motifs is 1. The van der Waals surface area contributed by atoms with Crippen molar-refractivity contribution in [2.75, 3.05) is 7.11 Å². The maximum absolute atomic E-state index is 11.4. The number of ether oxygens (including phenoxy) is 1. The molecule has 0 bridgehead atoms. The van der Waals surface area contributed by atoms with Gasteiger partial charge < -0.3 is 4.74 Å². The van der Waals surface area contributed by atoms with Crippen LogP contribution in [0.3, 0.4) is 0 Å². The van der Waals surface area contributed by atoms with E-state index in [4.69, 9.17) is 4.74 Å². The van der Waals surface area contributed by atoms with E-state index in [0.29, 0.717) is 0 Å². The van der Waals surface area contributed by atoms with E-state index in [2.05, 4.69) is 23.6 Å². The Morgan fingerprint density at radius 2 is 2.25 bits per heavy atom.